The highest BCUT2D eigenvalue weighted by molar-refractivity contribution is 5.75. The largest absolute Gasteiger partial charge is 0.327 e. The van der Waals surface area contributed by atoms with Crippen LogP contribution in [0.25, 0.3) is 0 Å². The van der Waals surface area contributed by atoms with Crippen LogP contribution in [0.4, 0.5) is 9.18 Å². The maximum absolute atomic E-state index is 13.1. The minimum Gasteiger partial charge on any atom is -0.327 e. The van der Waals surface area contributed by atoms with E-state index in [0.29, 0.717) is 6.54 Å². The highest BCUT2D eigenvalue weighted by Crippen LogP contribution is 2.22. The third-order valence-corrected chi connectivity index (χ3v) is 3.28. The monoisotopic (exact) mass is 302 g/mol. The van der Waals surface area contributed by atoms with Crippen molar-refractivity contribution in [2.75, 3.05) is 13.6 Å². The lowest BCUT2D eigenvalue weighted by Crippen LogP contribution is -2.39. The molecule has 1 aromatic heterocycles. The molecule has 0 spiro atoms. The Kier molecular flexibility index (Phi) is 4.93. The molecule has 1 heterocycles. The fourth-order valence-corrected chi connectivity index (χ4v) is 2.11. The van der Waals surface area contributed by atoms with Gasteiger partial charge < -0.3 is 10.2 Å². The van der Waals surface area contributed by atoms with Gasteiger partial charge in [-0.25, -0.2) is 9.18 Å². The number of aryl methyl sites for hydroxylation is 1. The topological polar surface area (TPSA) is 50.2 Å². The lowest BCUT2D eigenvalue weighted by Gasteiger charge is -2.22. The molecule has 0 aliphatic rings. The average molecular weight is 302 g/mol. The Balaban J connectivity index is 2.28. The van der Waals surface area contributed by atoms with Crippen molar-refractivity contribution >= 4 is 6.03 Å². The molecule has 2 rings (SSSR count). The number of likely N-dealkylation sites (N-methyl/N-ethyl adjacent to an activating group) is 1. The van der Waals surface area contributed by atoms with E-state index in [4.69, 9.17) is 0 Å². The molecule has 0 aliphatic heterocycles. The van der Waals surface area contributed by atoms with E-state index in [1.165, 1.54) is 17.0 Å². The van der Waals surface area contributed by atoms with Gasteiger partial charge in [-0.3, -0.25) is 4.68 Å². The molecule has 1 atom stereocenters. The van der Waals surface area contributed by atoms with Gasteiger partial charge in [0, 0.05) is 32.4 Å². The molecule has 0 bridgehead atoms. The van der Waals surface area contributed by atoms with Gasteiger partial charge in [0.25, 0.3) is 0 Å². The van der Waals surface area contributed by atoms with Crippen molar-refractivity contribution in [3.8, 4) is 0 Å². The van der Waals surface area contributed by atoms with E-state index in [2.05, 4.69) is 17.0 Å². The number of hydrogen-bond acceptors (Lipinski definition) is 2. The minimum atomic E-state index is -0.394. The zero-order chi connectivity index (χ0) is 16.1. The fourth-order valence-electron chi connectivity index (χ4n) is 2.11. The molecule has 1 N–H and O–H groups in total. The van der Waals surface area contributed by atoms with Crippen molar-refractivity contribution in [2.24, 2.45) is 7.05 Å². The Morgan fingerprint density at radius 2 is 2.14 bits per heavy atom. The number of aromatic nitrogens is 2. The zero-order valence-electron chi connectivity index (χ0n) is 12.7. The van der Waals surface area contributed by atoms with Crippen LogP contribution < -0.4 is 5.32 Å². The zero-order valence-corrected chi connectivity index (χ0v) is 12.7. The van der Waals surface area contributed by atoms with Crippen molar-refractivity contribution in [3.05, 3.63) is 66.3 Å². The second kappa shape index (κ2) is 6.89. The van der Waals surface area contributed by atoms with Gasteiger partial charge in [-0.05, 0) is 17.7 Å². The molecule has 116 valence electrons. The van der Waals surface area contributed by atoms with Crippen molar-refractivity contribution in [1.29, 1.82) is 0 Å². The van der Waals surface area contributed by atoms with Gasteiger partial charge in [0.15, 0.2) is 0 Å². The molecule has 0 fully saturated rings. The van der Waals surface area contributed by atoms with Crippen LogP contribution in [0.3, 0.4) is 0 Å². The standard InChI is InChI=1S/C16H19FN4O/c1-4-9-20(2)16(22)19-15(13-10-18-21(3)11-13)12-5-7-14(17)8-6-12/h4-8,10-11,15H,1,9H2,2-3H3,(H,19,22)/t15-/m1/s1. The third kappa shape index (κ3) is 3.72. The second-order valence-electron chi connectivity index (χ2n) is 5.05. The van der Waals surface area contributed by atoms with Crippen molar-refractivity contribution < 1.29 is 9.18 Å². The van der Waals surface area contributed by atoms with Gasteiger partial charge >= 0.3 is 6.03 Å². The third-order valence-electron chi connectivity index (χ3n) is 3.28. The molecule has 1 aromatic carbocycles. The highest BCUT2D eigenvalue weighted by Gasteiger charge is 2.20. The Bertz CT molecular complexity index is 650. The smallest absolute Gasteiger partial charge is 0.318 e. The Morgan fingerprint density at radius 3 is 2.68 bits per heavy atom. The molecule has 0 saturated carbocycles. The van der Waals surface area contributed by atoms with Crippen LogP contribution in [0.1, 0.15) is 17.2 Å². The first-order valence-electron chi connectivity index (χ1n) is 6.88. The normalized spacial score (nSPS) is 11.8. The summed E-state index contributed by atoms with van der Waals surface area (Å²) < 4.78 is 14.8. The molecule has 0 radical (unpaired) electrons. The molecule has 2 amide bonds. The Morgan fingerprint density at radius 1 is 1.45 bits per heavy atom. The quantitative estimate of drug-likeness (QED) is 0.863. The molecular formula is C16H19FN4O. The summed E-state index contributed by atoms with van der Waals surface area (Å²) in [6, 6.07) is 5.42. The molecule has 22 heavy (non-hydrogen) atoms. The maximum atomic E-state index is 13.1. The van der Waals surface area contributed by atoms with E-state index >= 15 is 0 Å². The number of rotatable bonds is 5. The summed E-state index contributed by atoms with van der Waals surface area (Å²) in [6.45, 7) is 4.05. The van der Waals surface area contributed by atoms with Crippen molar-refractivity contribution in [3.63, 3.8) is 0 Å². The van der Waals surface area contributed by atoms with Gasteiger partial charge in [0.2, 0.25) is 0 Å². The SMILES string of the molecule is C=CCN(C)C(=O)N[C@H](c1ccc(F)cc1)c1cnn(C)c1. The van der Waals surface area contributed by atoms with E-state index in [-0.39, 0.29) is 11.8 Å². The first-order valence-corrected chi connectivity index (χ1v) is 6.88. The summed E-state index contributed by atoms with van der Waals surface area (Å²) in [4.78, 5) is 13.7. The minimum absolute atomic E-state index is 0.238. The maximum Gasteiger partial charge on any atom is 0.318 e. The van der Waals surface area contributed by atoms with Gasteiger partial charge in [-0.15, -0.1) is 6.58 Å². The van der Waals surface area contributed by atoms with Gasteiger partial charge in [-0.1, -0.05) is 18.2 Å². The molecule has 6 heteroatoms. The number of nitrogens with zero attached hydrogens (tertiary/aromatic N) is 3. The Labute approximate surface area is 129 Å². The summed E-state index contributed by atoms with van der Waals surface area (Å²) in [5.74, 6) is -0.316. The van der Waals surface area contributed by atoms with Crippen molar-refractivity contribution in [2.45, 2.75) is 6.04 Å². The van der Waals surface area contributed by atoms with E-state index in [9.17, 15) is 9.18 Å². The number of nitrogens with one attached hydrogen (secondary N) is 1. The first kappa shape index (κ1) is 15.8. The van der Waals surface area contributed by atoms with Crippen LogP contribution in [-0.2, 0) is 7.05 Å². The number of urea groups is 1. The van der Waals surface area contributed by atoms with Crippen LogP contribution in [-0.4, -0.2) is 34.3 Å². The molecule has 0 saturated heterocycles. The summed E-state index contributed by atoms with van der Waals surface area (Å²) in [5.41, 5.74) is 1.62. The molecular weight excluding hydrogens is 283 g/mol. The van der Waals surface area contributed by atoms with E-state index < -0.39 is 6.04 Å². The van der Waals surface area contributed by atoms with Gasteiger partial charge in [0.05, 0.1) is 12.2 Å². The number of hydrogen-bond donors (Lipinski definition) is 1. The summed E-state index contributed by atoms with van der Waals surface area (Å²) in [5, 5.41) is 7.06. The number of amides is 2. The molecule has 0 aliphatic carbocycles. The van der Waals surface area contributed by atoms with Gasteiger partial charge in [0.1, 0.15) is 5.82 Å². The molecule has 5 nitrogen and oxygen atoms in total. The van der Waals surface area contributed by atoms with E-state index in [0.717, 1.165) is 11.1 Å². The lowest BCUT2D eigenvalue weighted by molar-refractivity contribution is 0.210. The van der Waals surface area contributed by atoms with Crippen LogP contribution in [0.5, 0.6) is 0 Å². The summed E-state index contributed by atoms with van der Waals surface area (Å²) in [7, 11) is 3.48. The second-order valence-corrected chi connectivity index (χ2v) is 5.05. The number of benzene rings is 1. The Hall–Kier alpha value is -2.63. The fraction of sp³-hybridized carbons (Fsp3) is 0.250. The molecule has 0 unspecified atom stereocenters. The van der Waals surface area contributed by atoms with Crippen LogP contribution in [0, 0.1) is 5.82 Å². The van der Waals surface area contributed by atoms with Gasteiger partial charge in [-0.2, -0.15) is 5.10 Å². The lowest BCUT2D eigenvalue weighted by atomic mass is 10.0. The summed E-state index contributed by atoms with van der Waals surface area (Å²) in [6.07, 6.45) is 5.15. The first-order chi connectivity index (χ1) is 10.5. The summed E-state index contributed by atoms with van der Waals surface area (Å²) >= 11 is 0. The number of carbonyl (C=O) groups excluding carboxylic acids is 1. The number of carbonyl (C=O) groups is 1. The molecule has 2 aromatic rings. The predicted molar refractivity (Wildman–Crippen MR) is 82.8 cm³/mol. The van der Waals surface area contributed by atoms with E-state index in [1.807, 2.05) is 6.20 Å². The highest BCUT2D eigenvalue weighted by atomic mass is 19.1. The average Bonchev–Trinajstić information content (AvgIpc) is 2.92. The number of halogens is 1. The van der Waals surface area contributed by atoms with E-state index in [1.54, 1.807) is 43.2 Å². The van der Waals surface area contributed by atoms with Crippen molar-refractivity contribution in [1.82, 2.24) is 20.0 Å². The van der Waals surface area contributed by atoms with Crippen LogP contribution >= 0.6 is 0 Å². The predicted octanol–water partition coefficient (Wildman–Crippen LogP) is 2.48. The van der Waals surface area contributed by atoms with Crippen LogP contribution in [0.15, 0.2) is 49.3 Å². The van der Waals surface area contributed by atoms with Crippen LogP contribution in [0.2, 0.25) is 0 Å².